The molecule has 2 atom stereocenters. The molecule has 0 aromatic heterocycles. The van der Waals surface area contributed by atoms with Crippen LogP contribution >= 0.6 is 11.6 Å². The van der Waals surface area contributed by atoms with Crippen LogP contribution in [0.4, 0.5) is 0 Å². The molecule has 0 fully saturated rings. The predicted octanol–water partition coefficient (Wildman–Crippen LogP) is 2.76. The van der Waals surface area contributed by atoms with Gasteiger partial charge in [-0.3, -0.25) is 0 Å². The molecule has 0 amide bonds. The molecule has 1 rings (SSSR count). The van der Waals surface area contributed by atoms with Crippen molar-refractivity contribution < 1.29 is 5.11 Å². The minimum atomic E-state index is 0.224. The third-order valence-corrected chi connectivity index (χ3v) is 2.72. The van der Waals surface area contributed by atoms with Crippen molar-refractivity contribution in [2.45, 2.75) is 32.4 Å². The SMILES string of the molecule is CC(N[C@H](C)CCO)c1ccc(Cl)cc1. The first kappa shape index (κ1) is 12.5. The zero-order valence-electron chi connectivity index (χ0n) is 9.20. The van der Waals surface area contributed by atoms with Crippen LogP contribution in [0.3, 0.4) is 0 Å². The van der Waals surface area contributed by atoms with Crippen molar-refractivity contribution in [1.82, 2.24) is 5.32 Å². The van der Waals surface area contributed by atoms with E-state index in [4.69, 9.17) is 16.7 Å². The predicted molar refractivity (Wildman–Crippen MR) is 64.2 cm³/mol. The summed E-state index contributed by atoms with van der Waals surface area (Å²) in [5, 5.41) is 13.0. The fourth-order valence-electron chi connectivity index (χ4n) is 1.55. The largest absolute Gasteiger partial charge is 0.396 e. The van der Waals surface area contributed by atoms with Crippen molar-refractivity contribution in [3.63, 3.8) is 0 Å². The van der Waals surface area contributed by atoms with Crippen molar-refractivity contribution in [2.24, 2.45) is 0 Å². The molecule has 1 aromatic rings. The summed E-state index contributed by atoms with van der Waals surface area (Å²) >= 11 is 5.82. The monoisotopic (exact) mass is 227 g/mol. The Hall–Kier alpha value is -0.570. The van der Waals surface area contributed by atoms with E-state index in [-0.39, 0.29) is 12.6 Å². The first-order chi connectivity index (χ1) is 7.13. The summed E-state index contributed by atoms with van der Waals surface area (Å²) in [6, 6.07) is 8.43. The number of rotatable bonds is 5. The van der Waals surface area contributed by atoms with Gasteiger partial charge in [-0.1, -0.05) is 23.7 Å². The number of aliphatic hydroxyl groups is 1. The first-order valence-electron chi connectivity index (χ1n) is 5.26. The fraction of sp³-hybridized carbons (Fsp3) is 0.500. The van der Waals surface area contributed by atoms with E-state index in [1.54, 1.807) is 0 Å². The van der Waals surface area contributed by atoms with Crippen LogP contribution in [0.2, 0.25) is 5.02 Å². The number of nitrogens with one attached hydrogen (secondary N) is 1. The molecular weight excluding hydrogens is 210 g/mol. The van der Waals surface area contributed by atoms with E-state index in [9.17, 15) is 0 Å². The molecule has 0 radical (unpaired) electrons. The van der Waals surface area contributed by atoms with Crippen molar-refractivity contribution in [3.8, 4) is 0 Å². The minimum Gasteiger partial charge on any atom is -0.396 e. The molecule has 0 aliphatic rings. The van der Waals surface area contributed by atoms with Gasteiger partial charge < -0.3 is 10.4 Å². The lowest BCUT2D eigenvalue weighted by Crippen LogP contribution is -2.29. The van der Waals surface area contributed by atoms with Gasteiger partial charge in [-0.25, -0.2) is 0 Å². The summed E-state index contributed by atoms with van der Waals surface area (Å²) in [6.07, 6.45) is 0.776. The second-order valence-corrected chi connectivity index (χ2v) is 4.29. The molecular formula is C12H18ClNO. The third-order valence-electron chi connectivity index (χ3n) is 2.47. The molecule has 2 N–H and O–H groups in total. The lowest BCUT2D eigenvalue weighted by molar-refractivity contribution is 0.264. The highest BCUT2D eigenvalue weighted by Gasteiger charge is 2.08. The van der Waals surface area contributed by atoms with Crippen molar-refractivity contribution in [1.29, 1.82) is 0 Å². The molecule has 0 heterocycles. The number of halogens is 1. The van der Waals surface area contributed by atoms with E-state index in [2.05, 4.69) is 19.2 Å². The van der Waals surface area contributed by atoms with Crippen LogP contribution in [0.15, 0.2) is 24.3 Å². The van der Waals surface area contributed by atoms with Crippen molar-refractivity contribution >= 4 is 11.6 Å². The fourth-order valence-corrected chi connectivity index (χ4v) is 1.68. The van der Waals surface area contributed by atoms with Gasteiger partial charge in [-0.15, -0.1) is 0 Å². The lowest BCUT2D eigenvalue weighted by Gasteiger charge is -2.19. The Morgan fingerprint density at radius 3 is 2.40 bits per heavy atom. The highest BCUT2D eigenvalue weighted by atomic mass is 35.5. The maximum atomic E-state index is 8.80. The van der Waals surface area contributed by atoms with E-state index in [0.29, 0.717) is 6.04 Å². The molecule has 3 heteroatoms. The van der Waals surface area contributed by atoms with Crippen LogP contribution in [0, 0.1) is 0 Å². The van der Waals surface area contributed by atoms with Crippen LogP contribution in [0.25, 0.3) is 0 Å². The summed E-state index contributed by atoms with van der Waals surface area (Å²) < 4.78 is 0. The van der Waals surface area contributed by atoms with Gasteiger partial charge in [0, 0.05) is 23.7 Å². The van der Waals surface area contributed by atoms with Crippen LogP contribution in [0.1, 0.15) is 31.9 Å². The smallest absolute Gasteiger partial charge is 0.0445 e. The Labute approximate surface area is 96.3 Å². The molecule has 1 aromatic carbocycles. The average molecular weight is 228 g/mol. The maximum Gasteiger partial charge on any atom is 0.0445 e. The van der Waals surface area contributed by atoms with Crippen molar-refractivity contribution in [3.05, 3.63) is 34.9 Å². The second-order valence-electron chi connectivity index (χ2n) is 3.85. The minimum absolute atomic E-state index is 0.224. The molecule has 2 nitrogen and oxygen atoms in total. The van der Waals surface area contributed by atoms with E-state index in [0.717, 1.165) is 11.4 Å². The second kappa shape index (κ2) is 6.11. The molecule has 0 aliphatic heterocycles. The Morgan fingerprint density at radius 1 is 1.27 bits per heavy atom. The molecule has 0 saturated carbocycles. The first-order valence-corrected chi connectivity index (χ1v) is 5.63. The average Bonchev–Trinajstić information content (AvgIpc) is 2.18. The van der Waals surface area contributed by atoms with Gasteiger partial charge in [0.15, 0.2) is 0 Å². The number of hydrogen-bond acceptors (Lipinski definition) is 2. The van der Waals surface area contributed by atoms with Gasteiger partial charge >= 0.3 is 0 Å². The molecule has 0 bridgehead atoms. The van der Waals surface area contributed by atoms with Crippen LogP contribution in [0.5, 0.6) is 0 Å². The van der Waals surface area contributed by atoms with Crippen LogP contribution in [-0.4, -0.2) is 17.8 Å². The summed E-state index contributed by atoms with van der Waals surface area (Å²) in [5.74, 6) is 0. The topological polar surface area (TPSA) is 32.3 Å². The summed E-state index contributed by atoms with van der Waals surface area (Å²) in [7, 11) is 0. The van der Waals surface area contributed by atoms with Gasteiger partial charge in [-0.05, 0) is 38.0 Å². The lowest BCUT2D eigenvalue weighted by atomic mass is 10.1. The van der Waals surface area contributed by atoms with E-state index >= 15 is 0 Å². The van der Waals surface area contributed by atoms with Crippen LogP contribution in [-0.2, 0) is 0 Å². The quantitative estimate of drug-likeness (QED) is 0.811. The number of aliphatic hydroxyl groups excluding tert-OH is 1. The maximum absolute atomic E-state index is 8.80. The van der Waals surface area contributed by atoms with Gasteiger partial charge in [0.25, 0.3) is 0 Å². The summed E-state index contributed by atoms with van der Waals surface area (Å²) in [6.45, 7) is 4.40. The third kappa shape index (κ3) is 4.20. The van der Waals surface area contributed by atoms with Gasteiger partial charge in [0.1, 0.15) is 0 Å². The van der Waals surface area contributed by atoms with E-state index in [1.165, 1.54) is 5.56 Å². The van der Waals surface area contributed by atoms with Crippen LogP contribution < -0.4 is 5.32 Å². The zero-order valence-corrected chi connectivity index (χ0v) is 9.96. The Morgan fingerprint density at radius 2 is 1.87 bits per heavy atom. The molecule has 0 saturated heterocycles. The Balaban J connectivity index is 2.53. The summed E-state index contributed by atoms with van der Waals surface area (Å²) in [5.41, 5.74) is 1.21. The Kier molecular flexibility index (Phi) is 5.09. The molecule has 0 spiro atoms. The number of benzene rings is 1. The van der Waals surface area contributed by atoms with Gasteiger partial charge in [0.2, 0.25) is 0 Å². The number of hydrogen-bond donors (Lipinski definition) is 2. The Bertz CT molecular complexity index is 286. The summed E-state index contributed by atoms with van der Waals surface area (Å²) in [4.78, 5) is 0. The van der Waals surface area contributed by atoms with Gasteiger partial charge in [-0.2, -0.15) is 0 Å². The molecule has 0 aliphatic carbocycles. The van der Waals surface area contributed by atoms with E-state index < -0.39 is 0 Å². The highest BCUT2D eigenvalue weighted by molar-refractivity contribution is 6.30. The van der Waals surface area contributed by atoms with Crippen molar-refractivity contribution in [2.75, 3.05) is 6.61 Å². The normalized spacial score (nSPS) is 14.9. The highest BCUT2D eigenvalue weighted by Crippen LogP contribution is 2.16. The zero-order chi connectivity index (χ0) is 11.3. The molecule has 1 unspecified atom stereocenters. The molecule has 15 heavy (non-hydrogen) atoms. The standard InChI is InChI=1S/C12H18ClNO/c1-9(7-8-15)14-10(2)11-3-5-12(13)6-4-11/h3-6,9-10,14-15H,7-8H2,1-2H3/t9-,10?/m1/s1. The molecule has 84 valence electrons. The van der Waals surface area contributed by atoms with Gasteiger partial charge in [0.05, 0.1) is 0 Å². The van der Waals surface area contributed by atoms with E-state index in [1.807, 2.05) is 24.3 Å².